The van der Waals surface area contributed by atoms with E-state index in [1.165, 1.54) is 7.11 Å². The Kier molecular flexibility index (Phi) is 7.15. The second-order valence-corrected chi connectivity index (χ2v) is 6.63. The van der Waals surface area contributed by atoms with Gasteiger partial charge in [0.2, 0.25) is 12.3 Å². The molecule has 2 rings (SSSR count). The predicted molar refractivity (Wildman–Crippen MR) is 95.5 cm³/mol. The van der Waals surface area contributed by atoms with Crippen molar-refractivity contribution in [3.05, 3.63) is 35.9 Å². The molecule has 0 aromatic heterocycles. The van der Waals surface area contributed by atoms with E-state index >= 15 is 0 Å². The van der Waals surface area contributed by atoms with E-state index in [2.05, 4.69) is 5.32 Å². The average Bonchev–Trinajstić information content (AvgIpc) is 3.10. The molecule has 0 bridgehead atoms. The number of carboxylic acids is 1. The summed E-state index contributed by atoms with van der Waals surface area (Å²) in [4.78, 5) is 37.0. The molecule has 1 saturated heterocycles. The minimum Gasteiger partial charge on any atom is -0.480 e. The van der Waals surface area contributed by atoms with Gasteiger partial charge in [0.15, 0.2) is 0 Å². The summed E-state index contributed by atoms with van der Waals surface area (Å²) in [6.45, 7) is 2.35. The SMILES string of the molecule is COC(C(C)C(=O)NC(Cc1ccccc1)C(=O)O)[C@@H]1CCCN1C=O. The second kappa shape index (κ2) is 9.33. The van der Waals surface area contributed by atoms with Gasteiger partial charge in [-0.05, 0) is 18.4 Å². The minimum atomic E-state index is -1.08. The summed E-state index contributed by atoms with van der Waals surface area (Å²) in [6.07, 6.45) is 2.14. The van der Waals surface area contributed by atoms with Crippen LogP contribution in [0.2, 0.25) is 0 Å². The van der Waals surface area contributed by atoms with Crippen LogP contribution in [0.4, 0.5) is 0 Å². The molecule has 0 spiro atoms. The van der Waals surface area contributed by atoms with Crippen molar-refractivity contribution in [3.8, 4) is 0 Å². The fraction of sp³-hybridized carbons (Fsp3) is 0.526. The molecule has 26 heavy (non-hydrogen) atoms. The number of likely N-dealkylation sites (tertiary alicyclic amines) is 1. The Morgan fingerprint density at radius 2 is 2.08 bits per heavy atom. The molecule has 1 aromatic carbocycles. The highest BCUT2D eigenvalue weighted by Crippen LogP contribution is 2.25. The van der Waals surface area contributed by atoms with Crippen molar-refractivity contribution in [1.82, 2.24) is 10.2 Å². The van der Waals surface area contributed by atoms with E-state index < -0.39 is 29.9 Å². The van der Waals surface area contributed by atoms with Gasteiger partial charge < -0.3 is 20.1 Å². The lowest BCUT2D eigenvalue weighted by atomic mass is 9.94. The average molecular weight is 362 g/mol. The van der Waals surface area contributed by atoms with E-state index in [0.717, 1.165) is 24.8 Å². The van der Waals surface area contributed by atoms with Crippen LogP contribution in [0.15, 0.2) is 30.3 Å². The van der Waals surface area contributed by atoms with Crippen LogP contribution in [0.25, 0.3) is 0 Å². The monoisotopic (exact) mass is 362 g/mol. The number of carbonyl (C=O) groups excluding carboxylic acids is 2. The van der Waals surface area contributed by atoms with E-state index in [9.17, 15) is 19.5 Å². The van der Waals surface area contributed by atoms with Crippen LogP contribution in [0, 0.1) is 5.92 Å². The molecular weight excluding hydrogens is 336 g/mol. The van der Waals surface area contributed by atoms with Gasteiger partial charge in [-0.25, -0.2) is 4.79 Å². The molecule has 1 aromatic rings. The zero-order valence-electron chi connectivity index (χ0n) is 15.1. The summed E-state index contributed by atoms with van der Waals surface area (Å²) >= 11 is 0. The maximum atomic E-state index is 12.6. The molecule has 0 saturated carbocycles. The lowest BCUT2D eigenvalue weighted by Gasteiger charge is -2.32. The number of nitrogens with zero attached hydrogens (tertiary/aromatic N) is 1. The molecule has 1 fully saturated rings. The molecule has 142 valence electrons. The molecule has 0 aliphatic carbocycles. The molecular formula is C19H26N2O5. The second-order valence-electron chi connectivity index (χ2n) is 6.63. The molecule has 2 N–H and O–H groups in total. The van der Waals surface area contributed by atoms with Crippen molar-refractivity contribution in [1.29, 1.82) is 0 Å². The van der Waals surface area contributed by atoms with Crippen LogP contribution in [-0.2, 0) is 25.5 Å². The number of aliphatic carboxylic acids is 1. The van der Waals surface area contributed by atoms with Crippen LogP contribution in [0.3, 0.4) is 0 Å². The summed E-state index contributed by atoms with van der Waals surface area (Å²) in [5.41, 5.74) is 0.832. The van der Waals surface area contributed by atoms with Gasteiger partial charge in [0.05, 0.1) is 18.1 Å². The molecule has 1 aliphatic rings. The first-order valence-electron chi connectivity index (χ1n) is 8.78. The number of methoxy groups -OCH3 is 1. The maximum Gasteiger partial charge on any atom is 0.326 e. The van der Waals surface area contributed by atoms with Crippen molar-refractivity contribution < 1.29 is 24.2 Å². The van der Waals surface area contributed by atoms with Gasteiger partial charge >= 0.3 is 5.97 Å². The summed E-state index contributed by atoms with van der Waals surface area (Å²) < 4.78 is 5.50. The number of carbonyl (C=O) groups is 3. The third-order valence-corrected chi connectivity index (χ3v) is 4.93. The fourth-order valence-corrected chi connectivity index (χ4v) is 3.50. The van der Waals surface area contributed by atoms with E-state index in [1.807, 2.05) is 30.3 Å². The van der Waals surface area contributed by atoms with Crippen molar-refractivity contribution in [3.63, 3.8) is 0 Å². The Morgan fingerprint density at radius 3 is 2.65 bits per heavy atom. The molecule has 4 atom stereocenters. The largest absolute Gasteiger partial charge is 0.480 e. The third-order valence-electron chi connectivity index (χ3n) is 4.93. The van der Waals surface area contributed by atoms with Crippen LogP contribution in [-0.4, -0.2) is 60.1 Å². The zero-order valence-corrected chi connectivity index (χ0v) is 15.1. The molecule has 2 amide bonds. The Morgan fingerprint density at radius 1 is 1.38 bits per heavy atom. The van der Waals surface area contributed by atoms with Gasteiger partial charge in [-0.15, -0.1) is 0 Å². The lowest BCUT2D eigenvalue weighted by molar-refractivity contribution is -0.144. The fourth-order valence-electron chi connectivity index (χ4n) is 3.50. The highest BCUT2D eigenvalue weighted by molar-refractivity contribution is 5.85. The first-order valence-corrected chi connectivity index (χ1v) is 8.78. The quantitative estimate of drug-likeness (QED) is 0.641. The van der Waals surface area contributed by atoms with Gasteiger partial charge in [0.25, 0.3) is 0 Å². The highest BCUT2D eigenvalue weighted by atomic mass is 16.5. The zero-order chi connectivity index (χ0) is 19.1. The molecule has 7 nitrogen and oxygen atoms in total. The number of amides is 2. The lowest BCUT2D eigenvalue weighted by Crippen LogP contribution is -2.51. The smallest absolute Gasteiger partial charge is 0.326 e. The summed E-state index contributed by atoms with van der Waals surface area (Å²) in [5, 5.41) is 12.1. The summed E-state index contributed by atoms with van der Waals surface area (Å²) in [7, 11) is 1.51. The van der Waals surface area contributed by atoms with Crippen molar-refractivity contribution >= 4 is 18.3 Å². The van der Waals surface area contributed by atoms with Crippen LogP contribution in [0.1, 0.15) is 25.3 Å². The Hall–Kier alpha value is -2.41. The number of hydrogen-bond donors (Lipinski definition) is 2. The standard InChI is InChI=1S/C19H26N2O5/c1-13(17(26-2)16-9-6-10-21(16)12-22)18(23)20-15(19(24)25)11-14-7-4-3-5-8-14/h3-5,7-8,12-13,15-17H,6,9-11H2,1-2H3,(H,20,23)(H,24,25)/t13?,15?,16-,17?/m0/s1. The van der Waals surface area contributed by atoms with Crippen molar-refractivity contribution in [2.24, 2.45) is 5.92 Å². The predicted octanol–water partition coefficient (Wildman–Crippen LogP) is 1.07. The number of hydrogen-bond acceptors (Lipinski definition) is 4. The number of rotatable bonds is 9. The van der Waals surface area contributed by atoms with Gasteiger partial charge in [-0.2, -0.15) is 0 Å². The Labute approximate surface area is 153 Å². The number of benzene rings is 1. The third kappa shape index (κ3) is 4.82. The molecule has 7 heteroatoms. The van der Waals surface area contributed by atoms with Crippen molar-refractivity contribution in [2.45, 2.75) is 44.4 Å². The van der Waals surface area contributed by atoms with E-state index in [-0.39, 0.29) is 12.5 Å². The maximum absolute atomic E-state index is 12.6. The number of ether oxygens (including phenoxy) is 1. The Bertz CT molecular complexity index is 622. The van der Waals surface area contributed by atoms with Gasteiger partial charge in [0, 0.05) is 20.1 Å². The van der Waals surface area contributed by atoms with Gasteiger partial charge in [-0.1, -0.05) is 37.3 Å². The van der Waals surface area contributed by atoms with Gasteiger partial charge in [-0.3, -0.25) is 9.59 Å². The van der Waals surface area contributed by atoms with Crippen LogP contribution < -0.4 is 5.32 Å². The first-order chi connectivity index (χ1) is 12.5. The topological polar surface area (TPSA) is 95.9 Å². The van der Waals surface area contributed by atoms with E-state index in [4.69, 9.17) is 4.74 Å². The van der Waals surface area contributed by atoms with Crippen LogP contribution in [0.5, 0.6) is 0 Å². The minimum absolute atomic E-state index is 0.171. The molecule has 3 unspecified atom stereocenters. The van der Waals surface area contributed by atoms with Gasteiger partial charge in [0.1, 0.15) is 6.04 Å². The Balaban J connectivity index is 2.04. The first kappa shape index (κ1) is 19.9. The van der Waals surface area contributed by atoms with E-state index in [1.54, 1.807) is 11.8 Å². The normalized spacial score (nSPS) is 20.2. The van der Waals surface area contributed by atoms with E-state index in [0.29, 0.717) is 6.54 Å². The molecule has 1 aliphatic heterocycles. The number of nitrogens with one attached hydrogen (secondary N) is 1. The summed E-state index contributed by atoms with van der Waals surface area (Å²) in [6, 6.07) is 7.96. The van der Waals surface area contributed by atoms with Crippen molar-refractivity contribution in [2.75, 3.05) is 13.7 Å². The molecule has 0 radical (unpaired) electrons. The number of carboxylic acid groups (broad SMARTS) is 1. The molecule has 1 heterocycles. The summed E-state index contributed by atoms with van der Waals surface area (Å²) in [5.74, 6) is -2.06. The highest BCUT2D eigenvalue weighted by Gasteiger charge is 2.38. The van der Waals surface area contributed by atoms with Crippen LogP contribution >= 0.6 is 0 Å².